The van der Waals surface area contributed by atoms with Crippen molar-refractivity contribution in [3.05, 3.63) is 84.5 Å². The highest BCUT2D eigenvalue weighted by Gasteiger charge is 2.34. The maximum absolute atomic E-state index is 4.05. The molecule has 0 amide bonds. The van der Waals surface area contributed by atoms with E-state index in [0.29, 0.717) is 17.3 Å². The second-order valence-electron chi connectivity index (χ2n) is 7.25. The molecular formula is C22H28. The number of allylic oxidation sites excluding steroid dienone is 6. The fourth-order valence-electron chi connectivity index (χ4n) is 3.37. The lowest BCUT2D eigenvalue weighted by molar-refractivity contribution is 0.207. The van der Waals surface area contributed by atoms with E-state index in [4.69, 9.17) is 0 Å². The fourth-order valence-corrected chi connectivity index (χ4v) is 3.37. The normalized spacial score (nSPS) is 22.4. The molecule has 116 valence electrons. The molecule has 0 N–H and O–H groups in total. The van der Waals surface area contributed by atoms with E-state index in [9.17, 15) is 0 Å². The number of hydrogen-bond donors (Lipinski definition) is 0. The van der Waals surface area contributed by atoms with Crippen LogP contribution in [0.5, 0.6) is 0 Å². The zero-order chi connectivity index (χ0) is 16.2. The van der Waals surface area contributed by atoms with Gasteiger partial charge in [0.05, 0.1) is 0 Å². The number of fused-ring (bicyclic) bond motifs is 1. The third-order valence-corrected chi connectivity index (χ3v) is 4.82. The van der Waals surface area contributed by atoms with Crippen LogP contribution < -0.4 is 0 Å². The molecule has 0 bridgehead atoms. The summed E-state index contributed by atoms with van der Waals surface area (Å²) >= 11 is 0. The van der Waals surface area contributed by atoms with Crippen LogP contribution in [0.3, 0.4) is 0 Å². The molecule has 2 unspecified atom stereocenters. The van der Waals surface area contributed by atoms with Gasteiger partial charge in [-0.15, -0.1) is 0 Å². The van der Waals surface area contributed by atoms with Crippen LogP contribution in [0.1, 0.15) is 44.2 Å². The summed E-state index contributed by atoms with van der Waals surface area (Å²) < 4.78 is 0. The van der Waals surface area contributed by atoms with Crippen LogP contribution in [0, 0.1) is 11.3 Å². The van der Waals surface area contributed by atoms with E-state index in [1.165, 1.54) is 29.5 Å². The van der Waals surface area contributed by atoms with Gasteiger partial charge in [-0.1, -0.05) is 88.6 Å². The molecule has 0 aromatic heterocycles. The SMILES string of the molecule is C=C/C=C\C=C(/C=C)C1CC(C(C)(C)C)Cc2ccccc21. The van der Waals surface area contributed by atoms with Gasteiger partial charge in [0, 0.05) is 5.92 Å². The molecule has 0 radical (unpaired) electrons. The quantitative estimate of drug-likeness (QED) is 0.577. The standard InChI is InChI=1S/C22H28/c1-6-8-9-12-17(7-2)21-16-19(22(3,4)5)15-18-13-10-11-14-20(18)21/h6-14,19,21H,1-2,15-16H2,3-5H3/b9-8-,17-12+. The molecule has 1 aromatic carbocycles. The third kappa shape index (κ3) is 3.68. The van der Waals surface area contributed by atoms with Crippen molar-refractivity contribution in [2.75, 3.05) is 0 Å². The molecule has 0 fully saturated rings. The molecular weight excluding hydrogens is 264 g/mol. The summed E-state index contributed by atoms with van der Waals surface area (Å²) in [5, 5.41) is 0. The van der Waals surface area contributed by atoms with E-state index >= 15 is 0 Å². The molecule has 1 aliphatic carbocycles. The van der Waals surface area contributed by atoms with Gasteiger partial charge in [-0.3, -0.25) is 0 Å². The summed E-state index contributed by atoms with van der Waals surface area (Å²) in [4.78, 5) is 0. The smallest absolute Gasteiger partial charge is 0.00948 e. The highest BCUT2D eigenvalue weighted by Crippen LogP contribution is 2.45. The fraction of sp³-hybridized carbons (Fsp3) is 0.364. The van der Waals surface area contributed by atoms with Crippen LogP contribution in [-0.4, -0.2) is 0 Å². The Morgan fingerprint density at radius 1 is 1.14 bits per heavy atom. The topological polar surface area (TPSA) is 0 Å². The Kier molecular flexibility index (Phi) is 5.24. The minimum absolute atomic E-state index is 0.328. The maximum atomic E-state index is 4.05. The van der Waals surface area contributed by atoms with Crippen molar-refractivity contribution in [2.24, 2.45) is 11.3 Å². The van der Waals surface area contributed by atoms with Crippen LogP contribution in [0.25, 0.3) is 0 Å². The van der Waals surface area contributed by atoms with E-state index in [1.807, 2.05) is 18.2 Å². The molecule has 2 rings (SSSR count). The first-order chi connectivity index (χ1) is 10.5. The third-order valence-electron chi connectivity index (χ3n) is 4.82. The predicted octanol–water partition coefficient (Wildman–Crippen LogP) is 6.23. The van der Waals surface area contributed by atoms with Crippen LogP contribution in [0.4, 0.5) is 0 Å². The number of hydrogen-bond acceptors (Lipinski definition) is 0. The van der Waals surface area contributed by atoms with Gasteiger partial charge in [0.1, 0.15) is 0 Å². The van der Waals surface area contributed by atoms with Gasteiger partial charge in [-0.05, 0) is 40.9 Å². The zero-order valence-electron chi connectivity index (χ0n) is 14.2. The van der Waals surface area contributed by atoms with Gasteiger partial charge in [0.2, 0.25) is 0 Å². The number of rotatable bonds is 4. The molecule has 0 saturated carbocycles. The molecule has 1 aromatic rings. The van der Waals surface area contributed by atoms with Crippen molar-refractivity contribution in [3.8, 4) is 0 Å². The minimum atomic E-state index is 0.328. The summed E-state index contributed by atoms with van der Waals surface area (Å²) in [5.41, 5.74) is 4.61. The lowest BCUT2D eigenvalue weighted by atomic mass is 9.65. The summed E-state index contributed by atoms with van der Waals surface area (Å²) in [6, 6.07) is 8.90. The second kappa shape index (κ2) is 6.96. The van der Waals surface area contributed by atoms with Crippen LogP contribution in [-0.2, 0) is 6.42 Å². The molecule has 0 heteroatoms. The van der Waals surface area contributed by atoms with Gasteiger partial charge in [0.25, 0.3) is 0 Å². The van der Waals surface area contributed by atoms with Crippen molar-refractivity contribution in [1.29, 1.82) is 0 Å². The predicted molar refractivity (Wildman–Crippen MR) is 98.1 cm³/mol. The Bertz CT molecular complexity index is 593. The Morgan fingerprint density at radius 3 is 2.50 bits per heavy atom. The highest BCUT2D eigenvalue weighted by atomic mass is 14.4. The van der Waals surface area contributed by atoms with Crippen molar-refractivity contribution in [2.45, 2.75) is 39.5 Å². The average Bonchev–Trinajstić information content (AvgIpc) is 2.50. The molecule has 0 aliphatic heterocycles. The van der Waals surface area contributed by atoms with Gasteiger partial charge in [-0.25, -0.2) is 0 Å². The minimum Gasteiger partial charge on any atom is -0.0991 e. The average molecular weight is 292 g/mol. The first kappa shape index (κ1) is 16.5. The Labute approximate surface area is 136 Å². The van der Waals surface area contributed by atoms with Gasteiger partial charge < -0.3 is 0 Å². The molecule has 2 atom stereocenters. The Morgan fingerprint density at radius 2 is 1.86 bits per heavy atom. The molecule has 0 heterocycles. The lowest BCUT2D eigenvalue weighted by Gasteiger charge is -2.39. The van der Waals surface area contributed by atoms with Gasteiger partial charge >= 0.3 is 0 Å². The van der Waals surface area contributed by atoms with Crippen LogP contribution in [0.2, 0.25) is 0 Å². The molecule has 22 heavy (non-hydrogen) atoms. The number of benzene rings is 1. The highest BCUT2D eigenvalue weighted by molar-refractivity contribution is 5.43. The van der Waals surface area contributed by atoms with E-state index in [1.54, 1.807) is 0 Å². The molecule has 0 saturated heterocycles. The van der Waals surface area contributed by atoms with E-state index in [-0.39, 0.29) is 0 Å². The monoisotopic (exact) mass is 292 g/mol. The summed E-state index contributed by atoms with van der Waals surface area (Å²) in [5.74, 6) is 1.14. The summed E-state index contributed by atoms with van der Waals surface area (Å²) in [7, 11) is 0. The summed E-state index contributed by atoms with van der Waals surface area (Å²) in [6.07, 6.45) is 12.4. The first-order valence-electron chi connectivity index (χ1n) is 8.17. The van der Waals surface area contributed by atoms with E-state index in [0.717, 1.165) is 0 Å². The Balaban J connectivity index is 2.44. The largest absolute Gasteiger partial charge is 0.0991 e. The molecule has 0 nitrogen and oxygen atoms in total. The van der Waals surface area contributed by atoms with E-state index in [2.05, 4.69) is 70.3 Å². The van der Waals surface area contributed by atoms with Crippen LogP contribution >= 0.6 is 0 Å². The van der Waals surface area contributed by atoms with Crippen molar-refractivity contribution in [3.63, 3.8) is 0 Å². The van der Waals surface area contributed by atoms with Crippen molar-refractivity contribution >= 4 is 0 Å². The van der Waals surface area contributed by atoms with Crippen molar-refractivity contribution < 1.29 is 0 Å². The van der Waals surface area contributed by atoms with Crippen molar-refractivity contribution in [1.82, 2.24) is 0 Å². The van der Waals surface area contributed by atoms with E-state index < -0.39 is 0 Å². The Hall–Kier alpha value is -1.82. The maximum Gasteiger partial charge on any atom is 0.00948 e. The van der Waals surface area contributed by atoms with Gasteiger partial charge in [0.15, 0.2) is 0 Å². The lowest BCUT2D eigenvalue weighted by Crippen LogP contribution is -2.29. The molecule has 0 spiro atoms. The zero-order valence-corrected chi connectivity index (χ0v) is 14.2. The summed E-state index contributed by atoms with van der Waals surface area (Å²) in [6.45, 7) is 14.9. The molecule has 1 aliphatic rings. The van der Waals surface area contributed by atoms with Crippen LogP contribution in [0.15, 0.2) is 73.4 Å². The first-order valence-corrected chi connectivity index (χ1v) is 8.17. The van der Waals surface area contributed by atoms with Gasteiger partial charge in [-0.2, -0.15) is 0 Å². The second-order valence-corrected chi connectivity index (χ2v) is 7.25.